The van der Waals surface area contributed by atoms with Gasteiger partial charge in [0.1, 0.15) is 17.3 Å². The highest BCUT2D eigenvalue weighted by molar-refractivity contribution is 6.32. The predicted molar refractivity (Wildman–Crippen MR) is 73.7 cm³/mol. The third-order valence-corrected chi connectivity index (χ3v) is 2.80. The zero-order valence-corrected chi connectivity index (χ0v) is 10.7. The fraction of sp³-hybridized carbons (Fsp3) is 0.0714. The number of nitrogen functional groups attached to an aromatic ring is 1. The van der Waals surface area contributed by atoms with Crippen molar-refractivity contribution in [2.45, 2.75) is 6.92 Å². The molecule has 2 rings (SSSR count). The highest BCUT2D eigenvalue weighted by Crippen LogP contribution is 2.31. The lowest BCUT2D eigenvalue weighted by Crippen LogP contribution is -2.12. The number of nitrogens with two attached hydrogens (primary N) is 1. The third-order valence-electron chi connectivity index (χ3n) is 2.48. The van der Waals surface area contributed by atoms with E-state index in [0.717, 1.165) is 5.56 Å². The van der Waals surface area contributed by atoms with Gasteiger partial charge in [0.25, 0.3) is 0 Å². The van der Waals surface area contributed by atoms with E-state index in [2.05, 4.69) is 0 Å². The van der Waals surface area contributed by atoms with Crippen LogP contribution in [-0.2, 0) is 0 Å². The molecule has 0 aliphatic carbocycles. The molecule has 92 valence electrons. The molecule has 0 atom stereocenters. The quantitative estimate of drug-likeness (QED) is 0.653. The summed E-state index contributed by atoms with van der Waals surface area (Å²) in [5.41, 5.74) is 7.11. The van der Waals surface area contributed by atoms with Crippen LogP contribution in [0, 0.1) is 12.3 Å². The minimum atomic E-state index is -0.0305. The first kappa shape index (κ1) is 12.5. The van der Waals surface area contributed by atoms with E-state index < -0.39 is 0 Å². The number of benzene rings is 2. The number of rotatable bonds is 3. The number of ether oxygens (including phenoxy) is 1. The first-order valence-electron chi connectivity index (χ1n) is 5.45. The summed E-state index contributed by atoms with van der Waals surface area (Å²) in [4.78, 5) is 0. The summed E-state index contributed by atoms with van der Waals surface area (Å²) >= 11 is 6.04. The van der Waals surface area contributed by atoms with Crippen LogP contribution in [0.25, 0.3) is 0 Å². The van der Waals surface area contributed by atoms with Gasteiger partial charge in [0.05, 0.1) is 10.6 Å². The van der Waals surface area contributed by atoms with Crippen molar-refractivity contribution in [3.05, 3.63) is 58.6 Å². The van der Waals surface area contributed by atoms with E-state index in [1.807, 2.05) is 31.2 Å². The van der Waals surface area contributed by atoms with E-state index in [9.17, 15) is 0 Å². The maximum Gasteiger partial charge on any atom is 0.146 e. The van der Waals surface area contributed by atoms with Crippen LogP contribution >= 0.6 is 11.6 Å². The van der Waals surface area contributed by atoms with E-state index in [1.54, 1.807) is 18.2 Å². The molecule has 0 aliphatic heterocycles. The lowest BCUT2D eigenvalue weighted by molar-refractivity contribution is 0.481. The van der Waals surface area contributed by atoms with Crippen LogP contribution in [0.1, 0.15) is 11.1 Å². The molecule has 2 aromatic rings. The molecule has 0 radical (unpaired) electrons. The molecule has 18 heavy (non-hydrogen) atoms. The maximum atomic E-state index is 7.53. The Balaban J connectivity index is 2.42. The highest BCUT2D eigenvalue weighted by Gasteiger charge is 2.09. The maximum absolute atomic E-state index is 7.53. The molecule has 0 amide bonds. The van der Waals surface area contributed by atoms with Gasteiger partial charge < -0.3 is 10.5 Å². The molecule has 0 heterocycles. The third kappa shape index (κ3) is 2.63. The van der Waals surface area contributed by atoms with Gasteiger partial charge in [-0.1, -0.05) is 29.8 Å². The van der Waals surface area contributed by atoms with Crippen LogP contribution in [0.2, 0.25) is 5.02 Å². The number of aryl methyl sites for hydroxylation is 1. The Morgan fingerprint density at radius 1 is 1.17 bits per heavy atom. The molecule has 2 aromatic carbocycles. The minimum absolute atomic E-state index is 0.0305. The summed E-state index contributed by atoms with van der Waals surface area (Å²) in [7, 11) is 0. The van der Waals surface area contributed by atoms with Crippen molar-refractivity contribution in [3.8, 4) is 11.5 Å². The van der Waals surface area contributed by atoms with Gasteiger partial charge in [-0.25, -0.2) is 0 Å². The van der Waals surface area contributed by atoms with Crippen molar-refractivity contribution < 1.29 is 4.74 Å². The summed E-state index contributed by atoms with van der Waals surface area (Å²) < 4.78 is 5.73. The molecule has 0 unspecified atom stereocenters. The highest BCUT2D eigenvalue weighted by atomic mass is 35.5. The summed E-state index contributed by atoms with van der Waals surface area (Å²) in [6.07, 6.45) is 0. The molecule has 0 aliphatic rings. The van der Waals surface area contributed by atoms with Crippen molar-refractivity contribution in [3.63, 3.8) is 0 Å². The Morgan fingerprint density at radius 3 is 2.56 bits per heavy atom. The van der Waals surface area contributed by atoms with E-state index in [0.29, 0.717) is 22.1 Å². The van der Waals surface area contributed by atoms with Gasteiger partial charge in [-0.3, -0.25) is 5.41 Å². The van der Waals surface area contributed by atoms with Crippen LogP contribution in [0.3, 0.4) is 0 Å². The lowest BCUT2D eigenvalue weighted by Gasteiger charge is -2.12. The standard InChI is InChI=1S/C14H13ClN2O/c1-9-6-7-10(14(16)17)13(8-9)18-12-5-3-2-4-11(12)15/h2-8H,1H3,(H3,16,17). The fourth-order valence-corrected chi connectivity index (χ4v) is 1.76. The lowest BCUT2D eigenvalue weighted by atomic mass is 10.1. The normalized spacial score (nSPS) is 10.1. The Kier molecular flexibility index (Phi) is 3.53. The summed E-state index contributed by atoms with van der Waals surface area (Å²) in [6.45, 7) is 1.95. The van der Waals surface area contributed by atoms with Gasteiger partial charge >= 0.3 is 0 Å². The second-order valence-electron chi connectivity index (χ2n) is 3.95. The number of para-hydroxylation sites is 1. The van der Waals surface area contributed by atoms with Crippen LogP contribution in [0.5, 0.6) is 11.5 Å². The fourth-order valence-electron chi connectivity index (χ4n) is 1.58. The average Bonchev–Trinajstić information content (AvgIpc) is 2.32. The van der Waals surface area contributed by atoms with Gasteiger partial charge in [-0.05, 0) is 36.8 Å². The first-order chi connectivity index (χ1) is 8.58. The predicted octanol–water partition coefficient (Wildman–Crippen LogP) is 3.72. The van der Waals surface area contributed by atoms with Gasteiger partial charge in [0.15, 0.2) is 0 Å². The zero-order valence-electron chi connectivity index (χ0n) is 9.91. The van der Waals surface area contributed by atoms with Crippen LogP contribution in [-0.4, -0.2) is 5.84 Å². The van der Waals surface area contributed by atoms with Gasteiger partial charge in [0, 0.05) is 0 Å². The SMILES string of the molecule is Cc1ccc(C(=N)N)c(Oc2ccccc2Cl)c1. The molecular weight excluding hydrogens is 248 g/mol. The topological polar surface area (TPSA) is 59.1 Å². The molecule has 0 saturated heterocycles. The van der Waals surface area contributed by atoms with E-state index in [1.165, 1.54) is 0 Å². The van der Waals surface area contributed by atoms with E-state index >= 15 is 0 Å². The number of nitrogens with one attached hydrogen (secondary N) is 1. The Bertz CT molecular complexity index is 596. The van der Waals surface area contributed by atoms with Crippen molar-refractivity contribution >= 4 is 17.4 Å². The molecule has 0 fully saturated rings. The average molecular weight is 261 g/mol. The van der Waals surface area contributed by atoms with Crippen molar-refractivity contribution in [1.82, 2.24) is 0 Å². The first-order valence-corrected chi connectivity index (χ1v) is 5.83. The largest absolute Gasteiger partial charge is 0.455 e. The second kappa shape index (κ2) is 5.10. The van der Waals surface area contributed by atoms with Crippen LogP contribution in [0.15, 0.2) is 42.5 Å². The monoisotopic (exact) mass is 260 g/mol. The molecule has 0 saturated carbocycles. The number of amidine groups is 1. The molecule has 3 N–H and O–H groups in total. The van der Waals surface area contributed by atoms with Crippen molar-refractivity contribution in [1.29, 1.82) is 5.41 Å². The Labute approximate surface area is 111 Å². The number of hydrogen-bond donors (Lipinski definition) is 2. The van der Waals surface area contributed by atoms with Crippen LogP contribution in [0.4, 0.5) is 0 Å². The van der Waals surface area contributed by atoms with E-state index in [4.69, 9.17) is 27.5 Å². The smallest absolute Gasteiger partial charge is 0.146 e. The molecule has 3 nitrogen and oxygen atoms in total. The van der Waals surface area contributed by atoms with Gasteiger partial charge in [-0.2, -0.15) is 0 Å². The molecule has 0 spiro atoms. The summed E-state index contributed by atoms with van der Waals surface area (Å²) in [5, 5.41) is 8.05. The van der Waals surface area contributed by atoms with Gasteiger partial charge in [-0.15, -0.1) is 0 Å². The second-order valence-corrected chi connectivity index (χ2v) is 4.35. The Hall–Kier alpha value is -2.00. The van der Waals surface area contributed by atoms with Gasteiger partial charge in [0.2, 0.25) is 0 Å². The van der Waals surface area contributed by atoms with E-state index in [-0.39, 0.29) is 5.84 Å². The van der Waals surface area contributed by atoms with Crippen LogP contribution < -0.4 is 10.5 Å². The Morgan fingerprint density at radius 2 is 1.89 bits per heavy atom. The zero-order chi connectivity index (χ0) is 13.1. The summed E-state index contributed by atoms with van der Waals surface area (Å²) in [6, 6.07) is 12.7. The van der Waals surface area contributed by atoms with Crippen molar-refractivity contribution in [2.24, 2.45) is 5.73 Å². The molecule has 0 aromatic heterocycles. The number of halogens is 1. The number of hydrogen-bond acceptors (Lipinski definition) is 2. The van der Waals surface area contributed by atoms with Crippen molar-refractivity contribution in [2.75, 3.05) is 0 Å². The minimum Gasteiger partial charge on any atom is -0.455 e. The molecule has 0 bridgehead atoms. The molecule has 4 heteroatoms. The summed E-state index contributed by atoms with van der Waals surface area (Å²) in [5.74, 6) is 1.06. The molecular formula is C14H13ClN2O.